The Bertz CT molecular complexity index is 1770. The molecule has 1 fully saturated rings. The molecule has 1 N–H and O–H groups in total. The van der Waals surface area contributed by atoms with E-state index in [0.29, 0.717) is 33.1 Å². The van der Waals surface area contributed by atoms with Gasteiger partial charge < -0.3 is 15.0 Å². The van der Waals surface area contributed by atoms with Crippen LogP contribution in [0.15, 0.2) is 103 Å². The number of benzene rings is 4. The van der Waals surface area contributed by atoms with Crippen LogP contribution in [0.2, 0.25) is 5.02 Å². The average Bonchev–Trinajstić information content (AvgIpc) is 3.49. The second-order valence-electron chi connectivity index (χ2n) is 10.5. The van der Waals surface area contributed by atoms with Gasteiger partial charge >= 0.3 is 0 Å². The Balaban J connectivity index is 1.54. The maximum atomic E-state index is 14.8. The highest BCUT2D eigenvalue weighted by Gasteiger charge is 2.70. The van der Waals surface area contributed by atoms with E-state index in [1.165, 1.54) is 7.11 Å². The van der Waals surface area contributed by atoms with Gasteiger partial charge in [0.1, 0.15) is 17.2 Å². The molecule has 0 saturated carbocycles. The normalized spacial score (nSPS) is 23.5. The van der Waals surface area contributed by atoms with Crippen LogP contribution < -0.4 is 15.0 Å². The van der Waals surface area contributed by atoms with E-state index in [9.17, 15) is 14.4 Å². The minimum absolute atomic E-state index is 0.234. The number of carbonyl (C=O) groups excluding carboxylic acids is 3. The highest BCUT2D eigenvalue weighted by Crippen LogP contribution is 2.58. The topological polar surface area (TPSA) is 75.7 Å². The molecule has 6 nitrogen and oxygen atoms in total. The van der Waals surface area contributed by atoms with Crippen molar-refractivity contribution < 1.29 is 19.1 Å². The second kappa shape index (κ2) is 9.46. The molecule has 1 amide bonds. The van der Waals surface area contributed by atoms with Gasteiger partial charge in [0.05, 0.1) is 19.1 Å². The Labute approximate surface area is 242 Å². The Morgan fingerprint density at radius 1 is 0.878 bits per heavy atom. The van der Waals surface area contributed by atoms with Gasteiger partial charge in [0.15, 0.2) is 11.6 Å². The molecule has 0 radical (unpaired) electrons. The van der Waals surface area contributed by atoms with Crippen molar-refractivity contribution in [3.63, 3.8) is 0 Å². The fraction of sp³-hybridized carbons (Fsp3) is 0.147. The Hall–Kier alpha value is -4.68. The molecular formula is C34H25ClN2O4. The first-order chi connectivity index (χ1) is 19.9. The third kappa shape index (κ3) is 3.60. The van der Waals surface area contributed by atoms with Crippen molar-refractivity contribution in [1.29, 1.82) is 0 Å². The van der Waals surface area contributed by atoms with Gasteiger partial charge in [-0.3, -0.25) is 14.4 Å². The number of ether oxygens (including phenoxy) is 1. The largest absolute Gasteiger partial charge is 0.497 e. The van der Waals surface area contributed by atoms with Gasteiger partial charge in [-0.25, -0.2) is 0 Å². The monoisotopic (exact) mass is 560 g/mol. The molecule has 1 spiro atoms. The summed E-state index contributed by atoms with van der Waals surface area (Å²) in [5, 5.41) is 3.60. The summed E-state index contributed by atoms with van der Waals surface area (Å²) in [5.41, 5.74) is 2.37. The quantitative estimate of drug-likeness (QED) is 0.294. The van der Waals surface area contributed by atoms with Gasteiger partial charge in [-0.05, 0) is 47.5 Å². The zero-order chi connectivity index (χ0) is 28.3. The number of nitrogens with one attached hydrogen (secondary N) is 1. The number of Topliss-reactive ketones (excluding diaryl/α,β-unsaturated/α-hetero) is 2. The second-order valence-corrected chi connectivity index (χ2v) is 11.0. The van der Waals surface area contributed by atoms with Crippen LogP contribution in [-0.2, 0) is 10.2 Å². The molecule has 1 saturated heterocycles. The molecule has 0 aliphatic carbocycles. The lowest BCUT2D eigenvalue weighted by Gasteiger charge is -2.37. The van der Waals surface area contributed by atoms with Gasteiger partial charge in [-0.15, -0.1) is 0 Å². The Kier molecular flexibility index (Phi) is 5.84. The number of para-hydroxylation sites is 1. The van der Waals surface area contributed by atoms with Crippen LogP contribution in [-0.4, -0.2) is 36.7 Å². The van der Waals surface area contributed by atoms with Crippen molar-refractivity contribution in [2.45, 2.75) is 17.5 Å². The van der Waals surface area contributed by atoms with Crippen LogP contribution >= 0.6 is 11.6 Å². The zero-order valence-corrected chi connectivity index (χ0v) is 22.8. The highest BCUT2D eigenvalue weighted by molar-refractivity contribution is 6.31. The van der Waals surface area contributed by atoms with Crippen LogP contribution in [0, 0.1) is 5.92 Å². The van der Waals surface area contributed by atoms with Crippen LogP contribution in [0.4, 0.5) is 11.4 Å². The summed E-state index contributed by atoms with van der Waals surface area (Å²) >= 11 is 6.36. The van der Waals surface area contributed by atoms with E-state index in [4.69, 9.17) is 16.3 Å². The Morgan fingerprint density at radius 2 is 1.63 bits per heavy atom. The van der Waals surface area contributed by atoms with E-state index < -0.39 is 23.4 Å². The molecule has 3 aliphatic rings. The zero-order valence-electron chi connectivity index (χ0n) is 22.1. The third-order valence-corrected chi connectivity index (χ3v) is 8.79. The number of nitrogens with zero attached hydrogens (tertiary/aromatic N) is 1. The van der Waals surface area contributed by atoms with Gasteiger partial charge in [0.25, 0.3) is 0 Å². The number of halogens is 1. The highest BCUT2D eigenvalue weighted by atomic mass is 35.5. The number of methoxy groups -OCH3 is 1. The number of amides is 1. The minimum Gasteiger partial charge on any atom is -0.497 e. The SMILES string of the molecule is COc1cccc(C(=O)[C@@H]2[C@H](C(=O)c3ccccc3)N3c4ccc(Cl)cc4C=C[C@H]3[C@@]23C(=O)Nc2ccccc23)c1. The summed E-state index contributed by atoms with van der Waals surface area (Å²) in [4.78, 5) is 45.8. The van der Waals surface area contributed by atoms with E-state index >= 15 is 0 Å². The lowest BCUT2D eigenvalue weighted by atomic mass is 9.64. The number of hydrogen-bond donors (Lipinski definition) is 1. The van der Waals surface area contributed by atoms with Crippen molar-refractivity contribution in [1.82, 2.24) is 0 Å². The predicted octanol–water partition coefficient (Wildman–Crippen LogP) is 6.20. The molecule has 4 atom stereocenters. The lowest BCUT2D eigenvalue weighted by molar-refractivity contribution is -0.121. The summed E-state index contributed by atoms with van der Waals surface area (Å²) in [6, 6.07) is 27.1. The molecule has 0 aromatic heterocycles. The van der Waals surface area contributed by atoms with Gasteiger partial charge in [0.2, 0.25) is 5.91 Å². The predicted molar refractivity (Wildman–Crippen MR) is 159 cm³/mol. The first-order valence-corrected chi connectivity index (χ1v) is 13.8. The molecule has 4 aromatic rings. The summed E-state index contributed by atoms with van der Waals surface area (Å²) in [6.45, 7) is 0. The molecule has 7 rings (SSSR count). The minimum atomic E-state index is -1.38. The third-order valence-electron chi connectivity index (χ3n) is 8.56. The van der Waals surface area contributed by atoms with E-state index in [-0.39, 0.29) is 17.5 Å². The van der Waals surface area contributed by atoms with E-state index in [2.05, 4.69) is 5.32 Å². The van der Waals surface area contributed by atoms with Crippen LogP contribution in [0.1, 0.15) is 31.8 Å². The molecule has 3 heterocycles. The number of anilines is 2. The smallest absolute Gasteiger partial charge is 0.238 e. The summed E-state index contributed by atoms with van der Waals surface area (Å²) < 4.78 is 5.43. The van der Waals surface area contributed by atoms with Crippen LogP contribution in [0.5, 0.6) is 5.75 Å². The van der Waals surface area contributed by atoms with Crippen molar-refractivity contribution >= 4 is 46.5 Å². The van der Waals surface area contributed by atoms with E-state index in [0.717, 1.165) is 11.3 Å². The molecular weight excluding hydrogens is 536 g/mol. The van der Waals surface area contributed by atoms with Gasteiger partial charge in [-0.2, -0.15) is 0 Å². The molecule has 0 bridgehead atoms. The molecule has 0 unspecified atom stereocenters. The lowest BCUT2D eigenvalue weighted by Crippen LogP contribution is -2.51. The number of ketones is 2. The first kappa shape index (κ1) is 25.3. The maximum Gasteiger partial charge on any atom is 0.238 e. The standard InChI is InChI=1S/C34H25ClN2O4/c1-41-24-11-7-10-22(19-24)31(38)29-30(32(39)20-8-3-2-4-9-20)37-27-16-15-23(35)18-21(27)14-17-28(37)34(29)25-12-5-6-13-26(25)36-33(34)40/h2-19,28-30H,1H3,(H,36,40)/t28-,29-,30+,34+/m0/s1. The molecule has 7 heteroatoms. The van der Waals surface area contributed by atoms with Crippen LogP contribution in [0.25, 0.3) is 6.08 Å². The summed E-state index contributed by atoms with van der Waals surface area (Å²) in [6.07, 6.45) is 3.87. The number of hydrogen-bond acceptors (Lipinski definition) is 5. The Morgan fingerprint density at radius 3 is 2.44 bits per heavy atom. The van der Waals surface area contributed by atoms with Crippen molar-refractivity contribution in [2.24, 2.45) is 5.92 Å². The van der Waals surface area contributed by atoms with Crippen molar-refractivity contribution in [2.75, 3.05) is 17.3 Å². The van der Waals surface area contributed by atoms with Gasteiger partial charge in [0, 0.05) is 27.5 Å². The maximum absolute atomic E-state index is 14.8. The van der Waals surface area contributed by atoms with Crippen molar-refractivity contribution in [3.05, 3.63) is 130 Å². The average molecular weight is 561 g/mol. The van der Waals surface area contributed by atoms with E-state index in [1.807, 2.05) is 59.5 Å². The number of fused-ring (bicyclic) bond motifs is 6. The fourth-order valence-electron chi connectivity index (χ4n) is 6.88. The molecule has 202 valence electrons. The van der Waals surface area contributed by atoms with Crippen molar-refractivity contribution in [3.8, 4) is 5.75 Å². The molecule has 3 aliphatic heterocycles. The van der Waals surface area contributed by atoms with Gasteiger partial charge in [-0.1, -0.05) is 84.4 Å². The number of carbonyl (C=O) groups is 3. The first-order valence-electron chi connectivity index (χ1n) is 13.4. The summed E-state index contributed by atoms with van der Waals surface area (Å²) in [7, 11) is 1.54. The molecule has 4 aromatic carbocycles. The van der Waals surface area contributed by atoms with E-state index in [1.54, 1.807) is 54.6 Å². The summed E-state index contributed by atoms with van der Waals surface area (Å²) in [5.74, 6) is -1.38. The molecule has 41 heavy (non-hydrogen) atoms. The number of rotatable bonds is 5. The van der Waals surface area contributed by atoms with Crippen LogP contribution in [0.3, 0.4) is 0 Å². The fourth-order valence-corrected chi connectivity index (χ4v) is 7.06.